The summed E-state index contributed by atoms with van der Waals surface area (Å²) >= 11 is 12.6. The lowest BCUT2D eigenvalue weighted by atomic mass is 10.1. The molecule has 3 rings (SSSR count). The number of hydrogen-bond donors (Lipinski definition) is 0. The van der Waals surface area contributed by atoms with Crippen LogP contribution in [0.1, 0.15) is 18.1 Å². The monoisotopic (exact) mass is 477 g/mol. The SMILES string of the molecule is COC(=O)C(C)N1C(=O)C(=Cc2ccc(OCc3ccccc3Cl)c(OC)c2)SC1=S. The molecule has 2 aromatic carbocycles. The Morgan fingerprint density at radius 1 is 1.23 bits per heavy atom. The van der Waals surface area contributed by atoms with Gasteiger partial charge in [0.1, 0.15) is 17.0 Å². The first-order valence-electron chi connectivity index (χ1n) is 9.24. The summed E-state index contributed by atoms with van der Waals surface area (Å²) in [4.78, 5) is 26.3. The molecule has 1 aliphatic heterocycles. The maximum absolute atomic E-state index is 12.8. The van der Waals surface area contributed by atoms with E-state index in [1.807, 2.05) is 18.2 Å². The van der Waals surface area contributed by atoms with Crippen LogP contribution in [0.2, 0.25) is 5.02 Å². The third-order valence-electron chi connectivity index (χ3n) is 4.58. The Morgan fingerprint density at radius 2 is 1.97 bits per heavy atom. The molecule has 2 aromatic rings. The first-order chi connectivity index (χ1) is 14.8. The van der Waals surface area contributed by atoms with Gasteiger partial charge in [-0.15, -0.1) is 0 Å². The summed E-state index contributed by atoms with van der Waals surface area (Å²) in [5.41, 5.74) is 1.59. The number of thioether (sulfide) groups is 1. The van der Waals surface area contributed by atoms with Crippen molar-refractivity contribution in [3.05, 3.63) is 63.5 Å². The number of carbonyl (C=O) groups excluding carboxylic acids is 2. The molecule has 0 bridgehead atoms. The van der Waals surface area contributed by atoms with Gasteiger partial charge in [0.05, 0.1) is 19.1 Å². The highest BCUT2D eigenvalue weighted by Gasteiger charge is 2.38. The van der Waals surface area contributed by atoms with Crippen molar-refractivity contribution in [3.8, 4) is 11.5 Å². The van der Waals surface area contributed by atoms with Crippen molar-refractivity contribution in [2.75, 3.05) is 14.2 Å². The molecule has 0 radical (unpaired) electrons. The molecule has 1 aliphatic rings. The molecule has 31 heavy (non-hydrogen) atoms. The van der Waals surface area contributed by atoms with Crippen molar-refractivity contribution in [3.63, 3.8) is 0 Å². The molecule has 162 valence electrons. The van der Waals surface area contributed by atoms with Crippen LogP contribution in [-0.4, -0.2) is 41.4 Å². The fourth-order valence-electron chi connectivity index (χ4n) is 2.91. The third-order valence-corrected chi connectivity index (χ3v) is 6.28. The summed E-state index contributed by atoms with van der Waals surface area (Å²) in [5.74, 6) is 0.191. The Labute approximate surface area is 195 Å². The van der Waals surface area contributed by atoms with Crippen molar-refractivity contribution in [1.82, 2.24) is 4.90 Å². The van der Waals surface area contributed by atoms with E-state index >= 15 is 0 Å². The van der Waals surface area contributed by atoms with E-state index in [1.165, 1.54) is 12.0 Å². The van der Waals surface area contributed by atoms with Gasteiger partial charge in [-0.05, 0) is 36.8 Å². The summed E-state index contributed by atoms with van der Waals surface area (Å²) in [6.45, 7) is 1.87. The van der Waals surface area contributed by atoms with Gasteiger partial charge in [0.2, 0.25) is 0 Å². The van der Waals surface area contributed by atoms with E-state index < -0.39 is 12.0 Å². The number of halogens is 1. The van der Waals surface area contributed by atoms with Gasteiger partial charge in [-0.1, -0.05) is 59.8 Å². The molecule has 0 spiro atoms. The van der Waals surface area contributed by atoms with E-state index in [4.69, 9.17) is 38.0 Å². The summed E-state index contributed by atoms with van der Waals surface area (Å²) in [6.07, 6.45) is 1.70. The second-order valence-corrected chi connectivity index (χ2v) is 8.62. The van der Waals surface area contributed by atoms with E-state index in [2.05, 4.69) is 0 Å². The number of rotatable bonds is 7. The molecular weight excluding hydrogens is 458 g/mol. The van der Waals surface area contributed by atoms with E-state index in [0.717, 1.165) is 22.9 Å². The fraction of sp³-hybridized carbons (Fsp3) is 0.227. The molecule has 1 atom stereocenters. The van der Waals surface area contributed by atoms with Crippen molar-refractivity contribution >= 4 is 57.9 Å². The molecule has 9 heteroatoms. The molecule has 0 aliphatic carbocycles. The number of ether oxygens (including phenoxy) is 3. The smallest absolute Gasteiger partial charge is 0.328 e. The molecule has 0 saturated carbocycles. The van der Waals surface area contributed by atoms with Gasteiger partial charge in [-0.25, -0.2) is 4.79 Å². The van der Waals surface area contributed by atoms with Crippen LogP contribution in [-0.2, 0) is 20.9 Å². The van der Waals surface area contributed by atoms with Gasteiger partial charge in [-0.3, -0.25) is 9.69 Å². The van der Waals surface area contributed by atoms with Crippen molar-refractivity contribution in [1.29, 1.82) is 0 Å². The van der Waals surface area contributed by atoms with Crippen LogP contribution < -0.4 is 9.47 Å². The number of benzene rings is 2. The summed E-state index contributed by atoms with van der Waals surface area (Å²) in [5, 5.41) is 0.626. The zero-order valence-corrected chi connectivity index (χ0v) is 19.5. The van der Waals surface area contributed by atoms with Crippen LogP contribution in [0.3, 0.4) is 0 Å². The normalized spacial score (nSPS) is 15.9. The highest BCUT2D eigenvalue weighted by atomic mass is 35.5. The number of amides is 1. The van der Waals surface area contributed by atoms with Gasteiger partial charge in [0.15, 0.2) is 11.5 Å². The van der Waals surface area contributed by atoms with Crippen LogP contribution in [0.4, 0.5) is 0 Å². The summed E-state index contributed by atoms with van der Waals surface area (Å²) in [7, 11) is 2.81. The lowest BCUT2D eigenvalue weighted by Gasteiger charge is -2.20. The van der Waals surface area contributed by atoms with Crippen LogP contribution in [0.5, 0.6) is 11.5 Å². The van der Waals surface area contributed by atoms with E-state index in [-0.39, 0.29) is 5.91 Å². The van der Waals surface area contributed by atoms with E-state index in [0.29, 0.717) is 32.4 Å². The molecule has 1 fully saturated rings. The predicted octanol–water partition coefficient (Wildman–Crippen LogP) is 4.69. The lowest BCUT2D eigenvalue weighted by molar-refractivity contribution is -0.147. The van der Waals surface area contributed by atoms with Gasteiger partial charge in [0.25, 0.3) is 5.91 Å². The van der Waals surface area contributed by atoms with Crippen LogP contribution in [0, 0.1) is 0 Å². The van der Waals surface area contributed by atoms with Gasteiger partial charge in [0, 0.05) is 10.6 Å². The molecule has 0 N–H and O–H groups in total. The van der Waals surface area contributed by atoms with E-state index in [9.17, 15) is 9.59 Å². The van der Waals surface area contributed by atoms with Gasteiger partial charge >= 0.3 is 5.97 Å². The Bertz CT molecular complexity index is 1060. The minimum absolute atomic E-state index is 0.291. The Balaban J connectivity index is 1.78. The average Bonchev–Trinajstić information content (AvgIpc) is 3.05. The molecule has 1 saturated heterocycles. The largest absolute Gasteiger partial charge is 0.493 e. The zero-order valence-electron chi connectivity index (χ0n) is 17.1. The number of nitrogens with zero attached hydrogens (tertiary/aromatic N) is 1. The summed E-state index contributed by atoms with van der Waals surface area (Å²) in [6, 6.07) is 12.0. The second-order valence-electron chi connectivity index (χ2n) is 6.54. The third kappa shape index (κ3) is 5.20. The summed E-state index contributed by atoms with van der Waals surface area (Å²) < 4.78 is 16.3. The molecule has 6 nitrogen and oxygen atoms in total. The Morgan fingerprint density at radius 3 is 2.65 bits per heavy atom. The minimum Gasteiger partial charge on any atom is -0.493 e. The lowest BCUT2D eigenvalue weighted by Crippen LogP contribution is -2.42. The quantitative estimate of drug-likeness (QED) is 0.325. The molecule has 1 amide bonds. The van der Waals surface area contributed by atoms with Crippen LogP contribution in [0.15, 0.2) is 47.4 Å². The van der Waals surface area contributed by atoms with Gasteiger partial charge in [-0.2, -0.15) is 0 Å². The number of carbonyl (C=O) groups is 2. The number of thiocarbonyl (C=S) groups is 1. The second kappa shape index (κ2) is 10.2. The first-order valence-corrected chi connectivity index (χ1v) is 10.8. The first kappa shape index (κ1) is 23.1. The average molecular weight is 478 g/mol. The highest BCUT2D eigenvalue weighted by molar-refractivity contribution is 8.26. The zero-order chi connectivity index (χ0) is 22.5. The maximum Gasteiger partial charge on any atom is 0.328 e. The molecular formula is C22H20ClNO5S2. The standard InChI is InChI=1S/C22H20ClNO5S2/c1-13(21(26)28-3)24-20(25)19(31-22(24)30)11-14-8-9-17(18(10-14)27-2)29-12-15-6-4-5-7-16(15)23/h4-11,13H,12H2,1-3H3. The van der Waals surface area contributed by atoms with Crippen molar-refractivity contribution in [2.24, 2.45) is 0 Å². The van der Waals surface area contributed by atoms with E-state index in [1.54, 1.807) is 44.4 Å². The van der Waals surface area contributed by atoms with Crippen molar-refractivity contribution in [2.45, 2.75) is 19.6 Å². The molecule has 0 aromatic heterocycles. The number of hydrogen-bond acceptors (Lipinski definition) is 7. The fourth-order valence-corrected chi connectivity index (χ4v) is 4.51. The minimum atomic E-state index is -0.793. The van der Waals surface area contributed by atoms with Crippen molar-refractivity contribution < 1.29 is 23.8 Å². The number of esters is 1. The highest BCUT2D eigenvalue weighted by Crippen LogP contribution is 2.36. The molecule has 1 heterocycles. The Kier molecular flexibility index (Phi) is 7.59. The van der Waals surface area contributed by atoms with Gasteiger partial charge < -0.3 is 14.2 Å². The molecule has 1 unspecified atom stereocenters. The topological polar surface area (TPSA) is 65.1 Å². The predicted molar refractivity (Wildman–Crippen MR) is 125 cm³/mol. The number of methoxy groups -OCH3 is 2. The van der Waals surface area contributed by atoms with Crippen LogP contribution >= 0.6 is 35.6 Å². The maximum atomic E-state index is 12.8. The van der Waals surface area contributed by atoms with Crippen LogP contribution in [0.25, 0.3) is 6.08 Å². The Hall–Kier alpha value is -2.55.